The Morgan fingerprint density at radius 1 is 1.22 bits per heavy atom. The molecule has 2 aliphatic rings. The highest BCUT2D eigenvalue weighted by Crippen LogP contribution is 2.35. The number of carbonyl (C=O) groups is 3. The van der Waals surface area contributed by atoms with Crippen molar-refractivity contribution in [1.82, 2.24) is 25.4 Å². The van der Waals surface area contributed by atoms with Crippen molar-refractivity contribution in [2.24, 2.45) is 0 Å². The Balaban J connectivity index is 1.28. The number of hydrogen-bond acceptors (Lipinski definition) is 8. The summed E-state index contributed by atoms with van der Waals surface area (Å²) in [6.07, 6.45) is 5.12. The molecule has 0 spiro atoms. The van der Waals surface area contributed by atoms with E-state index in [0.29, 0.717) is 43.5 Å². The number of nitrogens with one attached hydrogen (secondary N) is 2. The predicted molar refractivity (Wildman–Crippen MR) is 179 cm³/mol. The first-order chi connectivity index (χ1) is 21.6. The molecule has 12 heteroatoms. The Bertz CT molecular complexity index is 1550. The molecular formula is C33H41N5O5PS+. The number of aryl methyl sites for hydroxylation is 1. The molecule has 5 unspecified atom stereocenters. The molecule has 3 aromatic rings. The number of aliphatic hydroxyl groups is 1. The van der Waals surface area contributed by atoms with E-state index in [-0.39, 0.29) is 17.9 Å². The average molecular weight is 651 g/mol. The van der Waals surface area contributed by atoms with Crippen LogP contribution in [0.5, 0.6) is 5.75 Å². The highest BCUT2D eigenvalue weighted by molar-refractivity contribution is 7.55. The van der Waals surface area contributed by atoms with Gasteiger partial charge in [0.1, 0.15) is 29.1 Å². The number of aromatic nitrogens is 1. The normalized spacial score (nSPS) is 20.1. The lowest BCUT2D eigenvalue weighted by atomic mass is 10.00. The van der Waals surface area contributed by atoms with E-state index < -0.39 is 31.6 Å². The number of hydrogen-bond donors (Lipinski definition) is 3. The number of carbonyl (C=O) groups excluding carboxylic acids is 3. The van der Waals surface area contributed by atoms with E-state index in [1.807, 2.05) is 48.1 Å². The van der Waals surface area contributed by atoms with Gasteiger partial charge in [-0.15, -0.1) is 11.3 Å². The van der Waals surface area contributed by atoms with Crippen molar-refractivity contribution in [3.05, 3.63) is 81.3 Å². The third-order valence-corrected chi connectivity index (χ3v) is 10.3. The van der Waals surface area contributed by atoms with Crippen LogP contribution in [0.1, 0.15) is 55.9 Å². The maximum atomic E-state index is 13.6. The maximum absolute atomic E-state index is 13.6. The standard InChI is InChI=1S/C33H40N5O5PS/c1-21-20-45-31(35-21)27-9-6-15-38(27)32(41)24-8-5-7-23(17-24)30(40)36-26(19-44(3)4)29(39)28-33(42)37(16-14-34-28)18-22-10-12-25(43-2)13-11-22/h5,7-8,10-13,17,20,26-29,34,39H,3,6,9,14-16,18-19H2,1-2,4H3/p+1. The van der Waals surface area contributed by atoms with Crippen LogP contribution in [0.3, 0.4) is 0 Å². The number of likely N-dealkylation sites (tertiary alicyclic amines) is 1. The zero-order chi connectivity index (χ0) is 32.1. The van der Waals surface area contributed by atoms with Gasteiger partial charge in [-0.25, -0.2) is 4.98 Å². The topological polar surface area (TPSA) is 124 Å². The van der Waals surface area contributed by atoms with Crippen molar-refractivity contribution >= 4 is 42.9 Å². The quantitative estimate of drug-likeness (QED) is 0.272. The number of methoxy groups -OCH3 is 1. The number of nitrogens with zero attached hydrogens (tertiary/aromatic N) is 3. The van der Waals surface area contributed by atoms with Gasteiger partial charge in [0.2, 0.25) is 5.91 Å². The van der Waals surface area contributed by atoms with Crippen molar-refractivity contribution in [2.45, 2.75) is 50.5 Å². The minimum absolute atomic E-state index is 0.0705. The fourth-order valence-corrected chi connectivity index (χ4v) is 7.86. The van der Waals surface area contributed by atoms with Crippen molar-refractivity contribution in [3.63, 3.8) is 0 Å². The molecule has 2 aromatic carbocycles. The van der Waals surface area contributed by atoms with E-state index in [4.69, 9.17) is 4.74 Å². The summed E-state index contributed by atoms with van der Waals surface area (Å²) < 4.78 is 5.23. The summed E-state index contributed by atoms with van der Waals surface area (Å²) in [5, 5.41) is 20.6. The van der Waals surface area contributed by atoms with Crippen LogP contribution in [0, 0.1) is 6.92 Å². The van der Waals surface area contributed by atoms with Crippen LogP contribution >= 0.6 is 18.9 Å². The first-order valence-electron chi connectivity index (χ1n) is 15.1. The van der Waals surface area contributed by atoms with Crippen LogP contribution in [-0.4, -0.2) is 102 Å². The lowest BCUT2D eigenvalue weighted by Gasteiger charge is -2.37. The molecule has 0 saturated carbocycles. The zero-order valence-corrected chi connectivity index (χ0v) is 27.7. The van der Waals surface area contributed by atoms with Gasteiger partial charge in [-0.2, -0.15) is 0 Å². The molecule has 3 N–H and O–H groups in total. The summed E-state index contributed by atoms with van der Waals surface area (Å²) in [6, 6.07) is 12.5. The van der Waals surface area contributed by atoms with E-state index >= 15 is 0 Å². The van der Waals surface area contributed by atoms with Crippen LogP contribution in [0.2, 0.25) is 0 Å². The van der Waals surface area contributed by atoms with Gasteiger partial charge in [-0.1, -0.05) is 18.2 Å². The fraction of sp³-hybridized carbons (Fsp3) is 0.424. The average Bonchev–Trinajstić information content (AvgIpc) is 3.70. The third kappa shape index (κ3) is 7.79. The first kappa shape index (κ1) is 32.8. The summed E-state index contributed by atoms with van der Waals surface area (Å²) in [7, 11) is 0.840. The molecule has 1 aromatic heterocycles. The molecule has 2 fully saturated rings. The second kappa shape index (κ2) is 14.6. The van der Waals surface area contributed by atoms with Crippen LogP contribution in [-0.2, 0) is 11.3 Å². The second-order valence-corrected chi connectivity index (χ2v) is 14.7. The van der Waals surface area contributed by atoms with Gasteiger partial charge < -0.3 is 30.3 Å². The summed E-state index contributed by atoms with van der Waals surface area (Å²) in [6.45, 7) is 5.96. The summed E-state index contributed by atoms with van der Waals surface area (Å²) in [5.74, 6) is -0.0447. The third-order valence-electron chi connectivity index (χ3n) is 8.24. The Hall–Kier alpha value is -3.63. The summed E-state index contributed by atoms with van der Waals surface area (Å²) in [4.78, 5) is 48.8. The summed E-state index contributed by atoms with van der Waals surface area (Å²) >= 11 is 1.57. The number of benzene rings is 2. The molecular weight excluding hydrogens is 609 g/mol. The monoisotopic (exact) mass is 650 g/mol. The van der Waals surface area contributed by atoms with Gasteiger partial charge >= 0.3 is 0 Å². The van der Waals surface area contributed by atoms with E-state index in [1.54, 1.807) is 47.6 Å². The van der Waals surface area contributed by atoms with Crippen molar-refractivity contribution in [1.29, 1.82) is 0 Å². The lowest BCUT2D eigenvalue weighted by Crippen LogP contribution is -2.64. The van der Waals surface area contributed by atoms with Crippen molar-refractivity contribution in [2.75, 3.05) is 39.6 Å². The minimum atomic E-state index is -1.18. The molecule has 3 amide bonds. The Morgan fingerprint density at radius 2 is 1.98 bits per heavy atom. The molecule has 0 radical (unpaired) electrons. The fourth-order valence-electron chi connectivity index (χ4n) is 5.93. The molecule has 238 valence electrons. The van der Waals surface area contributed by atoms with Gasteiger partial charge in [0.25, 0.3) is 11.8 Å². The molecule has 2 aliphatic heterocycles. The number of piperazine rings is 1. The SMILES string of the molecule is C=[P+](C)CC(NC(=O)c1cccc(C(=O)N2CCCC2c2nc(C)cs2)c1)C(O)C1NCCN(Cc2ccc(OC)cc2)C1=O. The summed E-state index contributed by atoms with van der Waals surface area (Å²) in [5.41, 5.74) is 2.63. The molecule has 5 rings (SSSR count). The van der Waals surface area contributed by atoms with Crippen molar-refractivity contribution in [3.8, 4) is 5.75 Å². The highest BCUT2D eigenvalue weighted by Gasteiger charge is 2.40. The number of amides is 3. The lowest BCUT2D eigenvalue weighted by molar-refractivity contribution is -0.140. The van der Waals surface area contributed by atoms with E-state index in [1.165, 1.54) is 0 Å². The van der Waals surface area contributed by atoms with E-state index in [0.717, 1.165) is 34.9 Å². The first-order valence-corrected chi connectivity index (χ1v) is 18.2. The Kier molecular flexibility index (Phi) is 10.7. The predicted octanol–water partition coefficient (Wildman–Crippen LogP) is 3.44. The molecule has 0 bridgehead atoms. The van der Waals surface area contributed by atoms with Crippen LogP contribution < -0.4 is 15.4 Å². The number of ether oxygens (including phenoxy) is 1. The van der Waals surface area contributed by atoms with Crippen LogP contribution in [0.15, 0.2) is 53.9 Å². The smallest absolute Gasteiger partial charge is 0.254 e. The van der Waals surface area contributed by atoms with E-state index in [9.17, 15) is 19.5 Å². The highest BCUT2D eigenvalue weighted by atomic mass is 32.1. The molecule has 0 aliphatic carbocycles. The maximum Gasteiger partial charge on any atom is 0.254 e. The van der Waals surface area contributed by atoms with Gasteiger partial charge in [0.15, 0.2) is 0 Å². The van der Waals surface area contributed by atoms with Gasteiger partial charge in [-0.3, -0.25) is 14.4 Å². The van der Waals surface area contributed by atoms with Gasteiger partial charge in [-0.05, 0) is 55.7 Å². The molecule has 2 saturated heterocycles. The number of aliphatic hydroxyl groups excluding tert-OH is 1. The molecule has 45 heavy (non-hydrogen) atoms. The zero-order valence-electron chi connectivity index (χ0n) is 25.9. The Labute approximate surface area is 269 Å². The van der Waals surface area contributed by atoms with Crippen LogP contribution in [0.4, 0.5) is 0 Å². The van der Waals surface area contributed by atoms with Crippen molar-refractivity contribution < 1.29 is 24.2 Å². The molecule has 5 atom stereocenters. The van der Waals surface area contributed by atoms with Gasteiger partial charge in [0.05, 0.1) is 39.7 Å². The molecule has 3 heterocycles. The van der Waals surface area contributed by atoms with Gasteiger partial charge in [0, 0.05) is 48.4 Å². The number of thiazole rings is 1. The van der Waals surface area contributed by atoms with E-state index in [2.05, 4.69) is 21.9 Å². The Morgan fingerprint density at radius 3 is 2.67 bits per heavy atom. The largest absolute Gasteiger partial charge is 0.497 e. The second-order valence-electron chi connectivity index (χ2n) is 11.7. The van der Waals surface area contributed by atoms with Crippen LogP contribution in [0.25, 0.3) is 0 Å². The number of rotatable bonds is 11. The molecule has 10 nitrogen and oxygen atoms in total. The minimum Gasteiger partial charge on any atom is -0.497 e.